The van der Waals surface area contributed by atoms with Gasteiger partial charge in [-0.3, -0.25) is 4.79 Å². The molecule has 1 aromatic rings. The molecule has 0 unspecified atom stereocenters. The van der Waals surface area contributed by atoms with Crippen LogP contribution in [0.5, 0.6) is 0 Å². The first-order valence-corrected chi connectivity index (χ1v) is 7.97. The minimum absolute atomic E-state index is 0.208. The molecule has 1 fully saturated rings. The number of carbonyl (C=O) groups is 1. The van der Waals surface area contributed by atoms with Crippen molar-refractivity contribution in [2.75, 3.05) is 44.7 Å². The third-order valence-electron chi connectivity index (χ3n) is 4.07. The molecule has 0 spiro atoms. The molecule has 1 aliphatic rings. The third-order valence-corrected chi connectivity index (χ3v) is 4.07. The fourth-order valence-corrected chi connectivity index (χ4v) is 2.71. The highest BCUT2D eigenvalue weighted by Crippen LogP contribution is 2.29. The zero-order valence-corrected chi connectivity index (χ0v) is 13.7. The molecule has 0 saturated carbocycles. The van der Waals surface area contributed by atoms with Crippen LogP contribution in [0.4, 0.5) is 19.0 Å². The highest BCUT2D eigenvalue weighted by molar-refractivity contribution is 5.69. The summed E-state index contributed by atoms with van der Waals surface area (Å²) < 4.78 is 42.4. The number of aromatic nitrogens is 1. The van der Waals surface area contributed by atoms with Crippen LogP contribution in [0.3, 0.4) is 0 Å². The molecule has 24 heavy (non-hydrogen) atoms. The Morgan fingerprint density at radius 2 is 2.04 bits per heavy atom. The van der Waals surface area contributed by atoms with E-state index in [1.807, 2.05) is 4.90 Å². The minimum atomic E-state index is -4.36. The number of anilines is 1. The third kappa shape index (κ3) is 5.36. The van der Waals surface area contributed by atoms with E-state index in [4.69, 9.17) is 0 Å². The lowest BCUT2D eigenvalue weighted by Crippen LogP contribution is -2.32. The van der Waals surface area contributed by atoms with Gasteiger partial charge in [-0.15, -0.1) is 0 Å². The molecule has 5 nitrogen and oxygen atoms in total. The lowest BCUT2D eigenvalue weighted by atomic mass is 10.2. The van der Waals surface area contributed by atoms with Crippen LogP contribution in [0.2, 0.25) is 0 Å². The van der Waals surface area contributed by atoms with Gasteiger partial charge in [-0.1, -0.05) is 0 Å². The van der Waals surface area contributed by atoms with E-state index in [2.05, 4.69) is 14.6 Å². The van der Waals surface area contributed by atoms with E-state index in [0.29, 0.717) is 18.8 Å². The molecular formula is C16H22F3N3O2. The maximum Gasteiger partial charge on any atom is 0.417 e. The van der Waals surface area contributed by atoms with E-state index in [-0.39, 0.29) is 5.97 Å². The lowest BCUT2D eigenvalue weighted by Gasteiger charge is -2.23. The first-order chi connectivity index (χ1) is 11.4. The van der Waals surface area contributed by atoms with Crippen LogP contribution in [-0.2, 0) is 15.7 Å². The second kappa shape index (κ2) is 8.32. The number of halogens is 3. The number of methoxy groups -OCH3 is 1. The zero-order chi connectivity index (χ0) is 17.6. The van der Waals surface area contributed by atoms with Crippen LogP contribution in [0, 0.1) is 0 Å². The largest absolute Gasteiger partial charge is 0.469 e. The van der Waals surface area contributed by atoms with Crippen molar-refractivity contribution < 1.29 is 22.7 Å². The van der Waals surface area contributed by atoms with E-state index >= 15 is 0 Å². The molecule has 0 N–H and O–H groups in total. The van der Waals surface area contributed by atoms with Crippen LogP contribution in [-0.4, -0.2) is 55.7 Å². The van der Waals surface area contributed by atoms with Gasteiger partial charge in [0.1, 0.15) is 5.82 Å². The van der Waals surface area contributed by atoms with E-state index in [9.17, 15) is 18.0 Å². The van der Waals surface area contributed by atoms with E-state index in [0.717, 1.165) is 51.3 Å². The van der Waals surface area contributed by atoms with Gasteiger partial charge in [-0.25, -0.2) is 4.98 Å². The second-order valence-electron chi connectivity index (χ2n) is 5.76. The quantitative estimate of drug-likeness (QED) is 0.768. The summed E-state index contributed by atoms with van der Waals surface area (Å²) in [7, 11) is 1.38. The molecule has 1 aromatic heterocycles. The van der Waals surface area contributed by atoms with Gasteiger partial charge in [0.25, 0.3) is 0 Å². The van der Waals surface area contributed by atoms with Crippen molar-refractivity contribution in [1.29, 1.82) is 0 Å². The predicted molar refractivity (Wildman–Crippen MR) is 83.8 cm³/mol. The first kappa shape index (κ1) is 18.5. The number of rotatable bonds is 5. The van der Waals surface area contributed by atoms with Gasteiger partial charge < -0.3 is 14.5 Å². The van der Waals surface area contributed by atoms with Gasteiger partial charge in [-0.05, 0) is 38.1 Å². The Hall–Kier alpha value is -1.83. The monoisotopic (exact) mass is 345 g/mol. The van der Waals surface area contributed by atoms with Crippen LogP contribution in [0.15, 0.2) is 18.3 Å². The number of hydrogen-bond donors (Lipinski definition) is 0. The SMILES string of the molecule is COC(=O)CCCN1CCCN(c2ccc(C(F)(F)F)cn2)CC1. The molecule has 134 valence electrons. The summed E-state index contributed by atoms with van der Waals surface area (Å²) in [5, 5.41) is 0. The Morgan fingerprint density at radius 3 is 2.67 bits per heavy atom. The van der Waals surface area contributed by atoms with Crippen molar-refractivity contribution in [3.05, 3.63) is 23.9 Å². The Balaban J connectivity index is 1.85. The van der Waals surface area contributed by atoms with Crippen LogP contribution in [0.1, 0.15) is 24.8 Å². The maximum absolute atomic E-state index is 12.6. The number of ether oxygens (including phenoxy) is 1. The maximum atomic E-state index is 12.6. The van der Waals surface area contributed by atoms with Crippen LogP contribution < -0.4 is 4.90 Å². The molecule has 0 atom stereocenters. The van der Waals surface area contributed by atoms with Gasteiger partial charge in [0, 0.05) is 32.3 Å². The lowest BCUT2D eigenvalue weighted by molar-refractivity contribution is -0.141. The van der Waals surface area contributed by atoms with Crippen LogP contribution in [0.25, 0.3) is 0 Å². The molecule has 0 aliphatic carbocycles. The number of alkyl halides is 3. The highest BCUT2D eigenvalue weighted by atomic mass is 19.4. The normalized spacial score (nSPS) is 16.8. The fraction of sp³-hybridized carbons (Fsp3) is 0.625. The van der Waals surface area contributed by atoms with Gasteiger partial charge in [0.2, 0.25) is 0 Å². The summed E-state index contributed by atoms with van der Waals surface area (Å²) in [6.07, 6.45) is -1.43. The molecule has 2 heterocycles. The highest BCUT2D eigenvalue weighted by Gasteiger charge is 2.31. The Labute approximate surface area is 139 Å². The number of nitrogens with zero attached hydrogens (tertiary/aromatic N) is 3. The molecule has 8 heteroatoms. The molecule has 0 bridgehead atoms. The van der Waals surface area contributed by atoms with E-state index in [1.54, 1.807) is 0 Å². The van der Waals surface area contributed by atoms with Crippen molar-refractivity contribution in [2.24, 2.45) is 0 Å². The Bertz CT molecular complexity index is 534. The van der Waals surface area contributed by atoms with Gasteiger partial charge >= 0.3 is 12.1 Å². The summed E-state index contributed by atoms with van der Waals surface area (Å²) in [5.41, 5.74) is -0.731. The van der Waals surface area contributed by atoms with Gasteiger partial charge in [0.05, 0.1) is 12.7 Å². The summed E-state index contributed by atoms with van der Waals surface area (Å²) in [4.78, 5) is 19.3. The minimum Gasteiger partial charge on any atom is -0.469 e. The van der Waals surface area contributed by atoms with Gasteiger partial charge in [0.15, 0.2) is 0 Å². The standard InChI is InChI=1S/C16H22F3N3O2/c1-24-15(23)4-2-7-21-8-3-9-22(11-10-21)14-6-5-13(12-20-14)16(17,18)19/h5-6,12H,2-4,7-11H2,1H3. The van der Waals surface area contributed by atoms with Crippen molar-refractivity contribution in [2.45, 2.75) is 25.4 Å². The van der Waals surface area contributed by atoms with Crippen LogP contribution >= 0.6 is 0 Å². The van der Waals surface area contributed by atoms with Crippen molar-refractivity contribution in [3.63, 3.8) is 0 Å². The topological polar surface area (TPSA) is 45.7 Å². The molecule has 1 saturated heterocycles. The molecule has 2 rings (SSSR count). The summed E-state index contributed by atoms with van der Waals surface area (Å²) >= 11 is 0. The summed E-state index contributed by atoms with van der Waals surface area (Å²) in [6.45, 7) is 3.97. The number of carbonyl (C=O) groups excluding carboxylic acids is 1. The molecule has 0 amide bonds. The summed E-state index contributed by atoms with van der Waals surface area (Å²) in [6, 6.07) is 2.50. The van der Waals surface area contributed by atoms with Crippen molar-refractivity contribution >= 4 is 11.8 Å². The average Bonchev–Trinajstić information content (AvgIpc) is 2.80. The molecular weight excluding hydrogens is 323 g/mol. The smallest absolute Gasteiger partial charge is 0.417 e. The first-order valence-electron chi connectivity index (χ1n) is 7.97. The Kier molecular flexibility index (Phi) is 6.42. The fourth-order valence-electron chi connectivity index (χ4n) is 2.71. The average molecular weight is 345 g/mol. The van der Waals surface area contributed by atoms with Crippen molar-refractivity contribution in [3.8, 4) is 0 Å². The van der Waals surface area contributed by atoms with Gasteiger partial charge in [-0.2, -0.15) is 13.2 Å². The summed E-state index contributed by atoms with van der Waals surface area (Å²) in [5.74, 6) is 0.361. The van der Waals surface area contributed by atoms with E-state index < -0.39 is 11.7 Å². The van der Waals surface area contributed by atoms with E-state index in [1.165, 1.54) is 13.2 Å². The number of pyridine rings is 1. The second-order valence-corrected chi connectivity index (χ2v) is 5.76. The van der Waals surface area contributed by atoms with Crippen molar-refractivity contribution in [1.82, 2.24) is 9.88 Å². The predicted octanol–water partition coefficient (Wildman–Crippen LogP) is 2.57. The number of hydrogen-bond acceptors (Lipinski definition) is 5. The zero-order valence-electron chi connectivity index (χ0n) is 13.7. The molecule has 0 aromatic carbocycles. The number of esters is 1. The Morgan fingerprint density at radius 1 is 1.25 bits per heavy atom. The molecule has 1 aliphatic heterocycles. The molecule has 0 radical (unpaired) electrons.